The molecule has 1 saturated heterocycles. The van der Waals surface area contributed by atoms with Gasteiger partial charge in [-0.25, -0.2) is 15.0 Å². The van der Waals surface area contributed by atoms with Crippen molar-refractivity contribution in [3.8, 4) is 0 Å². The van der Waals surface area contributed by atoms with Crippen LogP contribution in [-0.2, 0) is 22.4 Å². The number of hydrogen-bond acceptors (Lipinski definition) is 7. The number of hydrogen-bond donors (Lipinski definition) is 0. The lowest BCUT2D eigenvalue weighted by Crippen LogP contribution is -2.41. The molecule has 4 heterocycles. The summed E-state index contributed by atoms with van der Waals surface area (Å²) in [7, 11) is 0. The lowest BCUT2D eigenvalue weighted by Gasteiger charge is -2.26. The molecule has 0 aromatic carbocycles. The Morgan fingerprint density at radius 2 is 2.03 bits per heavy atom. The third kappa shape index (κ3) is 3.41. The molecule has 0 atom stereocenters. The van der Waals surface area contributed by atoms with E-state index in [0.717, 1.165) is 32.9 Å². The summed E-state index contributed by atoms with van der Waals surface area (Å²) in [5.74, 6) is 0.957. The van der Waals surface area contributed by atoms with Crippen molar-refractivity contribution in [2.75, 3.05) is 32.1 Å². The zero-order valence-corrected chi connectivity index (χ0v) is 18.4. The molecule has 8 heteroatoms. The van der Waals surface area contributed by atoms with E-state index < -0.39 is 0 Å². The molecule has 0 bridgehead atoms. The Kier molecular flexibility index (Phi) is 5.17. The average Bonchev–Trinajstić information content (AvgIpc) is 3.36. The predicted molar refractivity (Wildman–Crippen MR) is 117 cm³/mol. The summed E-state index contributed by atoms with van der Waals surface area (Å²) >= 11 is 3.18. The number of nitrogens with zero attached hydrogens (tertiary/aromatic N) is 4. The number of pyridine rings is 1. The van der Waals surface area contributed by atoms with Crippen LogP contribution in [0.2, 0.25) is 0 Å². The van der Waals surface area contributed by atoms with Crippen LogP contribution in [0.15, 0.2) is 11.4 Å². The van der Waals surface area contributed by atoms with Crippen LogP contribution in [0, 0.1) is 0 Å². The second-order valence-corrected chi connectivity index (χ2v) is 9.85. The fourth-order valence-electron chi connectivity index (χ4n) is 4.32. The lowest BCUT2D eigenvalue weighted by molar-refractivity contribution is -0.132. The summed E-state index contributed by atoms with van der Waals surface area (Å²) < 4.78 is 6.40. The minimum atomic E-state index is 0.146. The Hall–Kier alpha value is -1.77. The number of thioether (sulfide) groups is 1. The Balaban J connectivity index is 1.52. The van der Waals surface area contributed by atoms with Gasteiger partial charge in [-0.1, -0.05) is 25.6 Å². The van der Waals surface area contributed by atoms with Gasteiger partial charge in [-0.3, -0.25) is 4.79 Å². The number of aryl methyl sites for hydroxylation is 1. The standard InChI is InChI=1S/C21H24N4O2S2/c1-12(2)17-14-5-3-4-13(14)16-18-19(29-20(16)24-17)21(23-11-22-18)28-10-15(26)25-6-8-27-9-7-25/h11-12H,3-10H2,1-2H3. The van der Waals surface area contributed by atoms with E-state index in [1.807, 2.05) is 4.90 Å². The Labute approximate surface area is 178 Å². The third-order valence-electron chi connectivity index (χ3n) is 5.71. The number of aromatic nitrogens is 3. The molecular formula is C21H24N4O2S2. The molecule has 1 amide bonds. The van der Waals surface area contributed by atoms with E-state index in [2.05, 4.69) is 23.8 Å². The van der Waals surface area contributed by atoms with Crippen LogP contribution in [0.4, 0.5) is 0 Å². The minimum Gasteiger partial charge on any atom is -0.378 e. The molecule has 29 heavy (non-hydrogen) atoms. The van der Waals surface area contributed by atoms with E-state index in [-0.39, 0.29) is 5.91 Å². The minimum absolute atomic E-state index is 0.146. The van der Waals surface area contributed by atoms with Crippen molar-refractivity contribution in [1.82, 2.24) is 19.9 Å². The van der Waals surface area contributed by atoms with Crippen molar-refractivity contribution < 1.29 is 9.53 Å². The zero-order valence-electron chi connectivity index (χ0n) is 16.7. The molecule has 0 N–H and O–H groups in total. The van der Waals surface area contributed by atoms with Crippen LogP contribution in [0.3, 0.4) is 0 Å². The van der Waals surface area contributed by atoms with Gasteiger partial charge in [-0.15, -0.1) is 11.3 Å². The van der Waals surface area contributed by atoms with E-state index >= 15 is 0 Å². The van der Waals surface area contributed by atoms with Crippen LogP contribution in [-0.4, -0.2) is 57.8 Å². The number of fused-ring (bicyclic) bond motifs is 5. The van der Waals surface area contributed by atoms with Gasteiger partial charge in [-0.2, -0.15) is 0 Å². The third-order valence-corrected chi connectivity index (χ3v) is 7.90. The van der Waals surface area contributed by atoms with Crippen molar-refractivity contribution in [2.24, 2.45) is 0 Å². The van der Waals surface area contributed by atoms with Gasteiger partial charge in [0.1, 0.15) is 16.2 Å². The van der Waals surface area contributed by atoms with E-state index in [0.29, 0.717) is 38.0 Å². The van der Waals surface area contributed by atoms with Gasteiger partial charge in [0.15, 0.2) is 0 Å². The smallest absolute Gasteiger partial charge is 0.233 e. The van der Waals surface area contributed by atoms with Gasteiger partial charge in [0, 0.05) is 24.2 Å². The monoisotopic (exact) mass is 428 g/mol. The topological polar surface area (TPSA) is 68.2 Å². The fraction of sp³-hybridized carbons (Fsp3) is 0.524. The molecule has 3 aromatic rings. The number of thiophene rings is 1. The molecule has 1 fully saturated rings. The van der Waals surface area contributed by atoms with Crippen LogP contribution in [0.25, 0.3) is 20.4 Å². The van der Waals surface area contributed by atoms with Gasteiger partial charge < -0.3 is 9.64 Å². The molecule has 2 aliphatic rings. The number of amides is 1. The Morgan fingerprint density at radius 3 is 2.83 bits per heavy atom. The number of carbonyl (C=O) groups excluding carboxylic acids is 1. The first-order valence-electron chi connectivity index (χ1n) is 10.2. The highest BCUT2D eigenvalue weighted by atomic mass is 32.2. The Bertz CT molecular complexity index is 1090. The van der Waals surface area contributed by atoms with Crippen molar-refractivity contribution in [2.45, 2.75) is 44.1 Å². The van der Waals surface area contributed by atoms with Crippen molar-refractivity contribution in [3.05, 3.63) is 23.1 Å². The van der Waals surface area contributed by atoms with E-state index in [1.165, 1.54) is 40.4 Å². The van der Waals surface area contributed by atoms with E-state index in [4.69, 9.17) is 9.72 Å². The number of carbonyl (C=O) groups is 1. The molecule has 5 rings (SSSR count). The predicted octanol–water partition coefficient (Wildman–Crippen LogP) is 3.80. The largest absolute Gasteiger partial charge is 0.378 e. The summed E-state index contributed by atoms with van der Waals surface area (Å²) in [6, 6.07) is 0. The van der Waals surface area contributed by atoms with Crippen molar-refractivity contribution in [1.29, 1.82) is 0 Å². The summed E-state index contributed by atoms with van der Waals surface area (Å²) in [4.78, 5) is 29.7. The summed E-state index contributed by atoms with van der Waals surface area (Å²) in [5, 5.41) is 2.10. The van der Waals surface area contributed by atoms with Crippen LogP contribution in [0.1, 0.15) is 43.0 Å². The first-order chi connectivity index (χ1) is 14.1. The Morgan fingerprint density at radius 1 is 1.24 bits per heavy atom. The summed E-state index contributed by atoms with van der Waals surface area (Å²) in [6.07, 6.45) is 5.04. The van der Waals surface area contributed by atoms with E-state index in [9.17, 15) is 4.79 Å². The van der Waals surface area contributed by atoms with Crippen LogP contribution in [0.5, 0.6) is 0 Å². The second-order valence-electron chi connectivity index (χ2n) is 7.88. The second kappa shape index (κ2) is 7.81. The maximum atomic E-state index is 12.5. The molecule has 1 aliphatic heterocycles. The number of morpholine rings is 1. The number of rotatable bonds is 4. The average molecular weight is 429 g/mol. The van der Waals surface area contributed by atoms with Crippen molar-refractivity contribution in [3.63, 3.8) is 0 Å². The van der Waals surface area contributed by atoms with Crippen LogP contribution < -0.4 is 0 Å². The molecule has 1 aliphatic carbocycles. The normalized spacial score (nSPS) is 16.9. The van der Waals surface area contributed by atoms with Crippen molar-refractivity contribution >= 4 is 49.4 Å². The molecule has 0 saturated carbocycles. The first-order valence-corrected chi connectivity index (χ1v) is 12.0. The van der Waals surface area contributed by atoms with Gasteiger partial charge in [0.05, 0.1) is 29.2 Å². The van der Waals surface area contributed by atoms with Gasteiger partial charge in [0.2, 0.25) is 5.91 Å². The molecular weight excluding hydrogens is 404 g/mol. The van der Waals surface area contributed by atoms with Crippen LogP contribution >= 0.6 is 23.1 Å². The molecule has 6 nitrogen and oxygen atoms in total. The molecule has 152 valence electrons. The molecule has 3 aromatic heterocycles. The molecule has 0 unspecified atom stereocenters. The van der Waals surface area contributed by atoms with Gasteiger partial charge in [0.25, 0.3) is 0 Å². The zero-order chi connectivity index (χ0) is 20.0. The summed E-state index contributed by atoms with van der Waals surface area (Å²) in [5.41, 5.74) is 5.11. The highest BCUT2D eigenvalue weighted by molar-refractivity contribution is 8.00. The lowest BCUT2D eigenvalue weighted by atomic mass is 9.99. The molecule has 0 radical (unpaired) electrons. The first kappa shape index (κ1) is 19.2. The highest BCUT2D eigenvalue weighted by Crippen LogP contribution is 2.42. The quantitative estimate of drug-likeness (QED) is 0.465. The highest BCUT2D eigenvalue weighted by Gasteiger charge is 2.25. The van der Waals surface area contributed by atoms with Gasteiger partial charge >= 0.3 is 0 Å². The maximum absolute atomic E-state index is 12.5. The SMILES string of the molecule is CC(C)c1nc2sc3c(SCC(=O)N4CCOCC4)ncnc3c2c2c1CCC2. The fourth-order valence-corrected chi connectivity index (χ4v) is 6.47. The molecule has 0 spiro atoms. The number of ether oxygens (including phenoxy) is 1. The summed E-state index contributed by atoms with van der Waals surface area (Å²) in [6.45, 7) is 7.04. The van der Waals surface area contributed by atoms with Gasteiger partial charge in [-0.05, 0) is 36.3 Å². The maximum Gasteiger partial charge on any atom is 0.233 e. The van der Waals surface area contributed by atoms with E-state index in [1.54, 1.807) is 17.7 Å².